The van der Waals surface area contributed by atoms with Crippen molar-refractivity contribution in [3.05, 3.63) is 30.0 Å². The number of methoxy groups -OCH3 is 1. The van der Waals surface area contributed by atoms with Crippen molar-refractivity contribution in [1.82, 2.24) is 10.5 Å². The molecule has 1 aromatic heterocycles. The number of esters is 1. The van der Waals surface area contributed by atoms with Crippen LogP contribution in [0.4, 0.5) is 0 Å². The predicted molar refractivity (Wildman–Crippen MR) is 88.2 cm³/mol. The van der Waals surface area contributed by atoms with Crippen LogP contribution in [0.5, 0.6) is 0 Å². The number of amides is 1. The number of nitrogens with zero attached hydrogens (tertiary/aromatic N) is 1. The molecule has 2 atom stereocenters. The summed E-state index contributed by atoms with van der Waals surface area (Å²) in [5.74, 6) is -0.653. The molecule has 2 aromatic rings. The highest BCUT2D eigenvalue weighted by Gasteiger charge is 2.31. The molecule has 1 aromatic carbocycles. The molecule has 3 rings (SSSR count). The SMILES string of the molecule is COC(=O)[C@H]1CCCCC[C@H]1NC(=O)Cc1noc2ccccc12. The van der Waals surface area contributed by atoms with Gasteiger partial charge in [-0.15, -0.1) is 0 Å². The van der Waals surface area contributed by atoms with Crippen molar-refractivity contribution >= 4 is 22.8 Å². The average molecular weight is 330 g/mol. The lowest BCUT2D eigenvalue weighted by Crippen LogP contribution is -2.43. The van der Waals surface area contributed by atoms with E-state index in [1.807, 2.05) is 24.3 Å². The highest BCUT2D eigenvalue weighted by molar-refractivity contribution is 5.86. The van der Waals surface area contributed by atoms with E-state index in [0.717, 1.165) is 37.5 Å². The van der Waals surface area contributed by atoms with Gasteiger partial charge in [-0.2, -0.15) is 0 Å². The first kappa shape index (κ1) is 16.5. The van der Waals surface area contributed by atoms with Crippen LogP contribution in [0.3, 0.4) is 0 Å². The molecule has 1 N–H and O–H groups in total. The summed E-state index contributed by atoms with van der Waals surface area (Å²) in [6.07, 6.45) is 4.76. The molecule has 1 saturated carbocycles. The third-order valence-corrected chi connectivity index (χ3v) is 4.65. The summed E-state index contributed by atoms with van der Waals surface area (Å²) in [6.45, 7) is 0. The summed E-state index contributed by atoms with van der Waals surface area (Å²) < 4.78 is 10.1. The Morgan fingerprint density at radius 2 is 2.04 bits per heavy atom. The van der Waals surface area contributed by atoms with Crippen molar-refractivity contribution in [3.63, 3.8) is 0 Å². The van der Waals surface area contributed by atoms with Gasteiger partial charge >= 0.3 is 5.97 Å². The van der Waals surface area contributed by atoms with Gasteiger partial charge in [0.15, 0.2) is 5.58 Å². The van der Waals surface area contributed by atoms with E-state index in [2.05, 4.69) is 10.5 Å². The lowest BCUT2D eigenvalue weighted by molar-refractivity contribution is -0.147. The number of rotatable bonds is 4. The van der Waals surface area contributed by atoms with Crippen molar-refractivity contribution < 1.29 is 18.8 Å². The molecule has 24 heavy (non-hydrogen) atoms. The highest BCUT2D eigenvalue weighted by atomic mass is 16.5. The molecule has 0 aliphatic heterocycles. The minimum absolute atomic E-state index is 0.140. The fraction of sp³-hybridized carbons (Fsp3) is 0.500. The van der Waals surface area contributed by atoms with Crippen LogP contribution < -0.4 is 5.32 Å². The van der Waals surface area contributed by atoms with Crippen molar-refractivity contribution in [2.75, 3.05) is 7.11 Å². The van der Waals surface area contributed by atoms with E-state index in [1.54, 1.807) is 0 Å². The van der Waals surface area contributed by atoms with Crippen LogP contribution >= 0.6 is 0 Å². The number of hydrogen-bond donors (Lipinski definition) is 1. The monoisotopic (exact) mass is 330 g/mol. The first-order valence-corrected chi connectivity index (χ1v) is 8.39. The Balaban J connectivity index is 1.69. The molecule has 0 bridgehead atoms. The number of benzene rings is 1. The Hall–Kier alpha value is -2.37. The third-order valence-electron chi connectivity index (χ3n) is 4.65. The standard InChI is InChI=1S/C18H22N2O4/c1-23-18(22)13-8-3-2-4-9-14(13)19-17(21)11-15-12-7-5-6-10-16(12)24-20-15/h5-7,10,13-14H,2-4,8-9,11H2,1H3,(H,19,21)/t13-,14+/m0/s1. The van der Waals surface area contributed by atoms with E-state index in [1.165, 1.54) is 7.11 Å². The number of ether oxygens (including phenoxy) is 1. The molecule has 1 aliphatic rings. The van der Waals surface area contributed by atoms with E-state index in [9.17, 15) is 9.59 Å². The summed E-state index contributed by atoms with van der Waals surface area (Å²) in [7, 11) is 1.40. The molecule has 128 valence electrons. The van der Waals surface area contributed by atoms with Gasteiger partial charge in [0, 0.05) is 11.4 Å². The van der Waals surface area contributed by atoms with Gasteiger partial charge in [-0.05, 0) is 25.0 Å². The second kappa shape index (κ2) is 7.47. The van der Waals surface area contributed by atoms with E-state index >= 15 is 0 Å². The van der Waals surface area contributed by atoms with Crippen LogP contribution in [-0.2, 0) is 20.7 Å². The maximum absolute atomic E-state index is 12.4. The number of fused-ring (bicyclic) bond motifs is 1. The first-order valence-electron chi connectivity index (χ1n) is 8.39. The average Bonchev–Trinajstić information content (AvgIpc) is 2.85. The van der Waals surface area contributed by atoms with E-state index in [0.29, 0.717) is 11.3 Å². The Kier molecular flexibility index (Phi) is 5.13. The van der Waals surface area contributed by atoms with Gasteiger partial charge in [-0.25, -0.2) is 0 Å². The van der Waals surface area contributed by atoms with Gasteiger partial charge in [-0.3, -0.25) is 9.59 Å². The molecule has 6 heteroatoms. The summed E-state index contributed by atoms with van der Waals surface area (Å²) >= 11 is 0. The molecule has 0 radical (unpaired) electrons. The maximum atomic E-state index is 12.4. The fourth-order valence-corrected chi connectivity index (χ4v) is 3.39. The van der Waals surface area contributed by atoms with E-state index in [-0.39, 0.29) is 30.3 Å². The van der Waals surface area contributed by atoms with Crippen LogP contribution in [0.25, 0.3) is 11.0 Å². The molecule has 0 spiro atoms. The molecule has 1 aliphatic carbocycles. The summed E-state index contributed by atoms with van der Waals surface area (Å²) in [5, 5.41) is 7.84. The van der Waals surface area contributed by atoms with Crippen molar-refractivity contribution in [2.45, 2.75) is 44.6 Å². The van der Waals surface area contributed by atoms with E-state index < -0.39 is 0 Å². The van der Waals surface area contributed by atoms with E-state index in [4.69, 9.17) is 9.26 Å². The van der Waals surface area contributed by atoms with Crippen molar-refractivity contribution in [2.24, 2.45) is 5.92 Å². The lowest BCUT2D eigenvalue weighted by Gasteiger charge is -2.24. The highest BCUT2D eigenvalue weighted by Crippen LogP contribution is 2.25. The van der Waals surface area contributed by atoms with Crippen LogP contribution in [-0.4, -0.2) is 30.2 Å². The maximum Gasteiger partial charge on any atom is 0.310 e. The van der Waals surface area contributed by atoms with Crippen molar-refractivity contribution in [1.29, 1.82) is 0 Å². The van der Waals surface area contributed by atoms with Crippen LogP contribution in [0.15, 0.2) is 28.8 Å². The molecule has 6 nitrogen and oxygen atoms in total. The number of hydrogen-bond acceptors (Lipinski definition) is 5. The Bertz CT molecular complexity index is 725. The van der Waals surface area contributed by atoms with Crippen LogP contribution in [0.1, 0.15) is 37.8 Å². The zero-order valence-corrected chi connectivity index (χ0v) is 13.8. The van der Waals surface area contributed by atoms with Gasteiger partial charge in [0.2, 0.25) is 5.91 Å². The number of nitrogens with one attached hydrogen (secondary N) is 1. The molecule has 1 heterocycles. The zero-order valence-electron chi connectivity index (χ0n) is 13.8. The van der Waals surface area contributed by atoms with Crippen LogP contribution in [0.2, 0.25) is 0 Å². The first-order chi connectivity index (χ1) is 11.7. The largest absolute Gasteiger partial charge is 0.469 e. The molecular weight excluding hydrogens is 308 g/mol. The Morgan fingerprint density at radius 3 is 2.88 bits per heavy atom. The molecule has 1 fully saturated rings. The smallest absolute Gasteiger partial charge is 0.310 e. The number of para-hydroxylation sites is 1. The van der Waals surface area contributed by atoms with Crippen LogP contribution in [0, 0.1) is 5.92 Å². The molecule has 0 unspecified atom stereocenters. The quantitative estimate of drug-likeness (QED) is 0.688. The van der Waals surface area contributed by atoms with Gasteiger partial charge in [0.1, 0.15) is 5.69 Å². The normalized spacial score (nSPS) is 21.2. The number of carbonyl (C=O) groups is 2. The van der Waals surface area contributed by atoms with Gasteiger partial charge < -0.3 is 14.6 Å². The third kappa shape index (κ3) is 3.58. The van der Waals surface area contributed by atoms with Crippen molar-refractivity contribution in [3.8, 4) is 0 Å². The summed E-state index contributed by atoms with van der Waals surface area (Å²) in [5.41, 5.74) is 1.29. The second-order valence-corrected chi connectivity index (χ2v) is 6.24. The molecule has 1 amide bonds. The molecular formula is C18H22N2O4. The summed E-state index contributed by atoms with van der Waals surface area (Å²) in [4.78, 5) is 24.4. The summed E-state index contributed by atoms with van der Waals surface area (Å²) in [6, 6.07) is 7.29. The zero-order chi connectivity index (χ0) is 16.9. The van der Waals surface area contributed by atoms with Gasteiger partial charge in [0.05, 0.1) is 19.4 Å². The fourth-order valence-electron chi connectivity index (χ4n) is 3.39. The lowest BCUT2D eigenvalue weighted by atomic mass is 9.94. The number of aromatic nitrogens is 1. The molecule has 0 saturated heterocycles. The van der Waals surface area contributed by atoms with Gasteiger partial charge in [-0.1, -0.05) is 36.6 Å². The predicted octanol–water partition coefficient (Wildman–Crippen LogP) is 2.61. The number of carbonyl (C=O) groups excluding carboxylic acids is 2. The van der Waals surface area contributed by atoms with Gasteiger partial charge in [0.25, 0.3) is 0 Å². The topological polar surface area (TPSA) is 81.4 Å². The Morgan fingerprint density at radius 1 is 1.25 bits per heavy atom. The Labute approximate surface area is 140 Å². The second-order valence-electron chi connectivity index (χ2n) is 6.24. The minimum atomic E-state index is -0.268. The minimum Gasteiger partial charge on any atom is -0.469 e.